The fourth-order valence-electron chi connectivity index (χ4n) is 5.00. The Balaban J connectivity index is 2.03. The summed E-state index contributed by atoms with van der Waals surface area (Å²) in [7, 11) is -1.41. The minimum Gasteiger partial charge on any atom is -0.423 e. The topological polar surface area (TPSA) is 40.5 Å². The van der Waals surface area contributed by atoms with Gasteiger partial charge in [-0.2, -0.15) is 0 Å². The first-order valence-electron chi connectivity index (χ1n) is 11.2. The maximum Gasteiger partial charge on any atom is 0.488 e. The van der Waals surface area contributed by atoms with Gasteiger partial charge in [0.25, 0.3) is 0 Å². The van der Waals surface area contributed by atoms with Gasteiger partial charge in [0.15, 0.2) is 0 Å². The maximum absolute atomic E-state index is 9.79. The lowest BCUT2D eigenvalue weighted by molar-refractivity contribution is 0.400. The van der Waals surface area contributed by atoms with E-state index in [0.717, 1.165) is 12.8 Å². The molecule has 3 heteroatoms. The van der Waals surface area contributed by atoms with Crippen molar-refractivity contribution in [1.29, 1.82) is 0 Å². The third kappa shape index (κ3) is 4.21. The summed E-state index contributed by atoms with van der Waals surface area (Å²) < 4.78 is 0. The number of rotatable bonds is 11. The van der Waals surface area contributed by atoms with E-state index < -0.39 is 7.12 Å². The summed E-state index contributed by atoms with van der Waals surface area (Å²) in [6, 6.07) is 14.9. The van der Waals surface area contributed by atoms with E-state index in [2.05, 4.69) is 50.2 Å². The van der Waals surface area contributed by atoms with Crippen molar-refractivity contribution in [1.82, 2.24) is 0 Å². The van der Waals surface area contributed by atoms with Gasteiger partial charge in [-0.25, -0.2) is 0 Å². The van der Waals surface area contributed by atoms with Gasteiger partial charge in [0.1, 0.15) is 0 Å². The van der Waals surface area contributed by atoms with Crippen LogP contribution in [0.15, 0.2) is 42.5 Å². The summed E-state index contributed by atoms with van der Waals surface area (Å²) in [5, 5.41) is 19.6. The van der Waals surface area contributed by atoms with E-state index in [-0.39, 0.29) is 5.41 Å². The lowest BCUT2D eigenvalue weighted by atomic mass is 9.68. The van der Waals surface area contributed by atoms with Crippen LogP contribution in [-0.2, 0) is 5.41 Å². The highest BCUT2D eigenvalue weighted by Gasteiger charge is 2.42. The summed E-state index contributed by atoms with van der Waals surface area (Å²) in [6.07, 6.45) is 12.4. The highest BCUT2D eigenvalue weighted by atomic mass is 16.4. The van der Waals surface area contributed by atoms with Crippen molar-refractivity contribution in [3.63, 3.8) is 0 Å². The maximum atomic E-state index is 9.79. The van der Waals surface area contributed by atoms with E-state index in [9.17, 15) is 10.0 Å². The second-order valence-corrected chi connectivity index (χ2v) is 8.43. The van der Waals surface area contributed by atoms with Crippen LogP contribution in [0.5, 0.6) is 0 Å². The van der Waals surface area contributed by atoms with E-state index in [1.54, 1.807) is 0 Å². The minimum atomic E-state index is -1.41. The molecule has 1 aliphatic carbocycles. The molecule has 0 aromatic heterocycles. The number of fused-ring (bicyclic) bond motifs is 3. The lowest BCUT2D eigenvalue weighted by Gasteiger charge is -2.33. The number of hydrogen-bond donors (Lipinski definition) is 2. The van der Waals surface area contributed by atoms with E-state index in [4.69, 9.17) is 0 Å². The summed E-state index contributed by atoms with van der Waals surface area (Å²) in [6.45, 7) is 4.52. The van der Waals surface area contributed by atoms with Crippen molar-refractivity contribution in [3.05, 3.63) is 53.6 Å². The molecule has 0 aliphatic heterocycles. The number of benzene rings is 2. The van der Waals surface area contributed by atoms with E-state index in [1.165, 1.54) is 73.6 Å². The Morgan fingerprint density at radius 3 is 1.93 bits per heavy atom. The first kappa shape index (κ1) is 21.1. The number of unbranched alkanes of at least 4 members (excludes halogenated alkanes) is 6. The second kappa shape index (κ2) is 9.76. The molecule has 0 spiro atoms. The van der Waals surface area contributed by atoms with Gasteiger partial charge in [-0.05, 0) is 40.6 Å². The van der Waals surface area contributed by atoms with E-state index in [0.29, 0.717) is 5.46 Å². The van der Waals surface area contributed by atoms with E-state index >= 15 is 0 Å². The first-order chi connectivity index (χ1) is 13.6. The molecule has 2 aromatic carbocycles. The predicted octanol–water partition coefficient (Wildman–Crippen LogP) is 5.57. The fourth-order valence-corrected chi connectivity index (χ4v) is 5.00. The predicted molar refractivity (Wildman–Crippen MR) is 120 cm³/mol. The first-order valence-corrected chi connectivity index (χ1v) is 11.2. The molecule has 0 saturated heterocycles. The average molecular weight is 378 g/mol. The van der Waals surface area contributed by atoms with Crippen LogP contribution in [0.25, 0.3) is 11.1 Å². The van der Waals surface area contributed by atoms with E-state index in [1.807, 2.05) is 6.07 Å². The second-order valence-electron chi connectivity index (χ2n) is 8.43. The van der Waals surface area contributed by atoms with Gasteiger partial charge in [-0.1, -0.05) is 108 Å². The highest BCUT2D eigenvalue weighted by Crippen LogP contribution is 2.53. The molecule has 0 amide bonds. The standard InChI is InChI=1S/C25H35BO2/c1-3-5-7-11-17-25(18-12-8-6-4-2)23-14-10-9-13-21(23)22-16-15-20(26(27)28)19-24(22)25/h9-10,13-16,19,27-28H,3-8,11-12,17-18H2,1-2H3. The molecule has 0 atom stereocenters. The highest BCUT2D eigenvalue weighted by molar-refractivity contribution is 6.58. The van der Waals surface area contributed by atoms with Crippen LogP contribution in [0.4, 0.5) is 0 Å². The molecule has 28 heavy (non-hydrogen) atoms. The molecular formula is C25H35BO2. The Bertz CT molecular complexity index is 757. The zero-order valence-electron chi connectivity index (χ0n) is 17.6. The SMILES string of the molecule is CCCCCCC1(CCCCCC)c2ccccc2-c2ccc(B(O)O)cc21. The zero-order chi connectivity index (χ0) is 20.0. The van der Waals surface area contributed by atoms with Gasteiger partial charge >= 0.3 is 7.12 Å². The van der Waals surface area contributed by atoms with Gasteiger partial charge < -0.3 is 10.0 Å². The molecule has 0 radical (unpaired) electrons. The van der Waals surface area contributed by atoms with Crippen LogP contribution in [-0.4, -0.2) is 17.2 Å². The smallest absolute Gasteiger partial charge is 0.423 e. The third-order valence-corrected chi connectivity index (χ3v) is 6.50. The summed E-state index contributed by atoms with van der Waals surface area (Å²) in [5.41, 5.74) is 6.00. The van der Waals surface area contributed by atoms with Crippen LogP contribution in [0, 0.1) is 0 Å². The van der Waals surface area contributed by atoms with Crippen LogP contribution < -0.4 is 5.46 Å². The summed E-state index contributed by atoms with van der Waals surface area (Å²) in [5.74, 6) is 0. The van der Waals surface area contributed by atoms with Crippen LogP contribution in [0.1, 0.15) is 89.2 Å². The average Bonchev–Trinajstić information content (AvgIpc) is 2.99. The van der Waals surface area contributed by atoms with Gasteiger partial charge in [0.2, 0.25) is 0 Å². The quantitative estimate of drug-likeness (QED) is 0.396. The Labute approximate surface area is 171 Å². The molecule has 2 N–H and O–H groups in total. The monoisotopic (exact) mass is 378 g/mol. The molecule has 0 saturated carbocycles. The molecule has 150 valence electrons. The van der Waals surface area contributed by atoms with Crippen LogP contribution in [0.2, 0.25) is 0 Å². The molecule has 2 nitrogen and oxygen atoms in total. The minimum absolute atomic E-state index is 0.0122. The fraction of sp³-hybridized carbons (Fsp3) is 0.520. The lowest BCUT2D eigenvalue weighted by Crippen LogP contribution is -2.32. The Kier molecular flexibility index (Phi) is 7.37. The van der Waals surface area contributed by atoms with Gasteiger partial charge in [-0.15, -0.1) is 0 Å². The summed E-state index contributed by atoms with van der Waals surface area (Å²) >= 11 is 0. The molecule has 3 rings (SSSR count). The Morgan fingerprint density at radius 2 is 1.32 bits per heavy atom. The molecule has 2 aromatic rings. The van der Waals surface area contributed by atoms with Crippen LogP contribution >= 0.6 is 0 Å². The van der Waals surface area contributed by atoms with Gasteiger partial charge in [0, 0.05) is 5.41 Å². The van der Waals surface area contributed by atoms with Gasteiger partial charge in [-0.3, -0.25) is 0 Å². The summed E-state index contributed by atoms with van der Waals surface area (Å²) in [4.78, 5) is 0. The molecule has 0 heterocycles. The normalized spacial score (nSPS) is 14.0. The van der Waals surface area contributed by atoms with Gasteiger partial charge in [0.05, 0.1) is 0 Å². The van der Waals surface area contributed by atoms with Crippen molar-refractivity contribution in [2.75, 3.05) is 0 Å². The van der Waals surface area contributed by atoms with Crippen molar-refractivity contribution >= 4 is 12.6 Å². The van der Waals surface area contributed by atoms with Crippen LogP contribution in [0.3, 0.4) is 0 Å². The molecular weight excluding hydrogens is 343 g/mol. The number of hydrogen-bond acceptors (Lipinski definition) is 2. The molecule has 0 unspecified atom stereocenters. The molecule has 0 bridgehead atoms. The largest absolute Gasteiger partial charge is 0.488 e. The van der Waals surface area contributed by atoms with Crippen molar-refractivity contribution in [3.8, 4) is 11.1 Å². The Morgan fingerprint density at radius 1 is 0.714 bits per heavy atom. The zero-order valence-corrected chi connectivity index (χ0v) is 17.6. The van der Waals surface area contributed by atoms with Crippen molar-refractivity contribution in [2.24, 2.45) is 0 Å². The van der Waals surface area contributed by atoms with Crippen molar-refractivity contribution in [2.45, 2.75) is 83.5 Å². The Hall–Kier alpha value is -1.58. The van der Waals surface area contributed by atoms with Crippen molar-refractivity contribution < 1.29 is 10.0 Å². The molecule has 0 fully saturated rings. The molecule has 1 aliphatic rings. The third-order valence-electron chi connectivity index (χ3n) is 6.50.